The van der Waals surface area contributed by atoms with Crippen LogP contribution in [0.15, 0.2) is 0 Å². The van der Waals surface area contributed by atoms with Gasteiger partial charge >= 0.3 is 5.97 Å². The van der Waals surface area contributed by atoms with Crippen molar-refractivity contribution in [1.29, 1.82) is 0 Å². The first-order chi connectivity index (χ1) is 14.2. The van der Waals surface area contributed by atoms with Crippen LogP contribution >= 0.6 is 24.4 Å². The van der Waals surface area contributed by atoms with E-state index in [9.17, 15) is 24.3 Å². The van der Waals surface area contributed by atoms with E-state index in [1.54, 1.807) is 0 Å². The Morgan fingerprint density at radius 2 is 1.53 bits per heavy atom. The van der Waals surface area contributed by atoms with E-state index in [1.165, 1.54) is 11.8 Å². The lowest BCUT2D eigenvalue weighted by molar-refractivity contribution is -0.142. The number of thioether (sulfide) groups is 1. The molecule has 0 fully saturated rings. The fourth-order valence-corrected chi connectivity index (χ4v) is 3.08. The van der Waals surface area contributed by atoms with Crippen LogP contribution in [0.25, 0.3) is 0 Å². The molecule has 174 valence electrons. The molecule has 0 rings (SSSR count). The van der Waals surface area contributed by atoms with Gasteiger partial charge in [-0.25, -0.2) is 4.79 Å². The third-order valence-electron chi connectivity index (χ3n) is 4.16. The smallest absolute Gasteiger partial charge is 0.327 e. The quantitative estimate of drug-likeness (QED) is 0.0905. The number of aliphatic carboxylic acids is 1. The van der Waals surface area contributed by atoms with E-state index in [4.69, 9.17) is 16.6 Å². The molecule has 4 atom stereocenters. The lowest BCUT2D eigenvalue weighted by Crippen LogP contribution is -2.58. The average Bonchev–Trinajstić information content (AvgIpc) is 2.72. The molecule has 11 nitrogen and oxygen atoms in total. The molecule has 3 amide bonds. The van der Waals surface area contributed by atoms with Crippen molar-refractivity contribution in [1.82, 2.24) is 16.0 Å². The summed E-state index contributed by atoms with van der Waals surface area (Å²) in [5, 5.41) is 25.6. The minimum Gasteiger partial charge on any atom is -0.480 e. The van der Waals surface area contributed by atoms with Crippen molar-refractivity contribution in [2.24, 2.45) is 11.5 Å². The van der Waals surface area contributed by atoms with Gasteiger partial charge in [-0.3, -0.25) is 14.4 Å². The van der Waals surface area contributed by atoms with Crippen molar-refractivity contribution < 1.29 is 29.4 Å². The minimum atomic E-state index is -1.39. The molecule has 0 radical (unpaired) electrons. The van der Waals surface area contributed by atoms with Gasteiger partial charge in [-0.2, -0.15) is 24.4 Å². The van der Waals surface area contributed by atoms with Gasteiger partial charge < -0.3 is 37.6 Å². The number of carboxylic acid groups (broad SMARTS) is 1. The van der Waals surface area contributed by atoms with E-state index in [1.807, 2.05) is 6.26 Å². The molecule has 0 bridgehead atoms. The van der Waals surface area contributed by atoms with Crippen LogP contribution < -0.4 is 27.4 Å². The number of aliphatic hydroxyl groups excluding tert-OH is 1. The van der Waals surface area contributed by atoms with Gasteiger partial charge in [0.1, 0.15) is 18.1 Å². The van der Waals surface area contributed by atoms with E-state index < -0.39 is 54.5 Å². The molecule has 0 aliphatic heterocycles. The summed E-state index contributed by atoms with van der Waals surface area (Å²) in [7, 11) is 0. The summed E-state index contributed by atoms with van der Waals surface area (Å²) >= 11 is 5.38. The monoisotopic (exact) mass is 467 g/mol. The van der Waals surface area contributed by atoms with Crippen molar-refractivity contribution >= 4 is 48.1 Å². The van der Waals surface area contributed by atoms with E-state index in [-0.39, 0.29) is 12.2 Å². The largest absolute Gasteiger partial charge is 0.480 e. The molecule has 0 heterocycles. The zero-order valence-electron chi connectivity index (χ0n) is 17.0. The second-order valence-electron chi connectivity index (χ2n) is 6.56. The molecular weight excluding hydrogens is 434 g/mol. The normalized spacial score (nSPS) is 14.8. The second-order valence-corrected chi connectivity index (χ2v) is 7.91. The molecular formula is C17H33N5O6S2. The molecule has 0 aromatic rings. The van der Waals surface area contributed by atoms with Gasteiger partial charge in [0.25, 0.3) is 0 Å². The zero-order chi connectivity index (χ0) is 23.1. The maximum absolute atomic E-state index is 12.6. The van der Waals surface area contributed by atoms with Crippen LogP contribution in [0.5, 0.6) is 0 Å². The predicted octanol–water partition coefficient (Wildman–Crippen LogP) is -2.34. The number of nitrogens with two attached hydrogens (primary N) is 2. The molecule has 0 aromatic carbocycles. The highest BCUT2D eigenvalue weighted by Crippen LogP contribution is 2.04. The Labute approximate surface area is 185 Å². The van der Waals surface area contributed by atoms with Crippen molar-refractivity contribution in [2.75, 3.05) is 30.9 Å². The van der Waals surface area contributed by atoms with Crippen LogP contribution in [0.2, 0.25) is 0 Å². The Kier molecular flexibility index (Phi) is 15.4. The number of hydrogen-bond acceptors (Lipinski definition) is 9. The minimum absolute atomic E-state index is 0.168. The Hall–Kier alpha value is -1.54. The number of amides is 3. The van der Waals surface area contributed by atoms with Gasteiger partial charge in [0.2, 0.25) is 17.7 Å². The Bertz CT molecular complexity index is 569. The highest BCUT2D eigenvalue weighted by molar-refractivity contribution is 7.98. The summed E-state index contributed by atoms with van der Waals surface area (Å²) in [5.41, 5.74) is 11.3. The summed E-state index contributed by atoms with van der Waals surface area (Å²) in [4.78, 5) is 48.2. The number of thiol groups is 1. The molecule has 0 saturated heterocycles. The average molecular weight is 468 g/mol. The third-order valence-corrected chi connectivity index (χ3v) is 5.17. The zero-order valence-corrected chi connectivity index (χ0v) is 18.7. The van der Waals surface area contributed by atoms with Crippen LogP contribution in [0.1, 0.15) is 25.7 Å². The summed E-state index contributed by atoms with van der Waals surface area (Å²) < 4.78 is 0. The van der Waals surface area contributed by atoms with Gasteiger partial charge in [-0.1, -0.05) is 0 Å². The Morgan fingerprint density at radius 1 is 0.967 bits per heavy atom. The second kappa shape index (κ2) is 16.2. The number of aliphatic hydroxyl groups is 1. The van der Waals surface area contributed by atoms with Gasteiger partial charge in [-0.05, 0) is 44.2 Å². The summed E-state index contributed by atoms with van der Waals surface area (Å²) in [6, 6.07) is -4.43. The van der Waals surface area contributed by atoms with Crippen molar-refractivity contribution in [2.45, 2.75) is 49.9 Å². The molecule has 9 N–H and O–H groups in total. The van der Waals surface area contributed by atoms with E-state index in [2.05, 4.69) is 28.6 Å². The van der Waals surface area contributed by atoms with Gasteiger partial charge in [0, 0.05) is 5.75 Å². The van der Waals surface area contributed by atoms with Crippen LogP contribution in [0, 0.1) is 0 Å². The predicted molar refractivity (Wildman–Crippen MR) is 118 cm³/mol. The highest BCUT2D eigenvalue weighted by Gasteiger charge is 2.29. The molecule has 0 aliphatic rings. The SMILES string of the molecule is CSCCC(N)C(=O)NC(CCCCN)C(=O)NC(CO)C(=O)NC(CS)C(=O)O. The van der Waals surface area contributed by atoms with Crippen molar-refractivity contribution in [3.8, 4) is 0 Å². The standard InChI is InChI=1S/C17H33N5O6S2/c1-30-7-5-10(19)14(24)20-11(4-2-3-6-18)15(25)21-12(8-23)16(26)22-13(9-29)17(27)28/h10-13,23,29H,2-9,18-19H2,1H3,(H,20,24)(H,21,25)(H,22,26)(H,27,28). The highest BCUT2D eigenvalue weighted by atomic mass is 32.2. The molecule has 13 heteroatoms. The number of carbonyl (C=O) groups is 4. The number of unbranched alkanes of at least 4 members (excludes halogenated alkanes) is 1. The lowest BCUT2D eigenvalue weighted by Gasteiger charge is -2.24. The first-order valence-corrected chi connectivity index (χ1v) is 11.5. The first kappa shape index (κ1) is 28.5. The summed E-state index contributed by atoms with van der Waals surface area (Å²) in [6.07, 6.45) is 3.76. The van der Waals surface area contributed by atoms with Crippen LogP contribution in [-0.2, 0) is 19.2 Å². The van der Waals surface area contributed by atoms with E-state index in [0.29, 0.717) is 31.6 Å². The van der Waals surface area contributed by atoms with E-state index >= 15 is 0 Å². The molecule has 4 unspecified atom stereocenters. The molecule has 30 heavy (non-hydrogen) atoms. The third kappa shape index (κ3) is 11.0. The first-order valence-electron chi connectivity index (χ1n) is 9.51. The number of carbonyl (C=O) groups excluding carboxylic acids is 3. The fourth-order valence-electron chi connectivity index (χ4n) is 2.34. The van der Waals surface area contributed by atoms with E-state index in [0.717, 1.165) is 0 Å². The topological polar surface area (TPSA) is 197 Å². The number of carboxylic acids is 1. The van der Waals surface area contributed by atoms with Gasteiger partial charge in [-0.15, -0.1) is 0 Å². The van der Waals surface area contributed by atoms with Gasteiger partial charge in [0.05, 0.1) is 12.6 Å². The van der Waals surface area contributed by atoms with Crippen LogP contribution in [-0.4, -0.2) is 89.0 Å². The molecule has 0 aromatic heterocycles. The van der Waals surface area contributed by atoms with Crippen molar-refractivity contribution in [3.63, 3.8) is 0 Å². The maximum atomic E-state index is 12.6. The lowest BCUT2D eigenvalue weighted by atomic mass is 10.1. The molecule has 0 spiro atoms. The number of hydrogen-bond donors (Lipinski definition) is 8. The summed E-state index contributed by atoms with van der Waals surface area (Å²) in [6.45, 7) is -0.343. The Morgan fingerprint density at radius 3 is 2.03 bits per heavy atom. The Balaban J connectivity index is 5.10. The number of nitrogens with one attached hydrogen (secondary N) is 3. The summed E-state index contributed by atoms with van der Waals surface area (Å²) in [5.74, 6) is -2.85. The van der Waals surface area contributed by atoms with Gasteiger partial charge in [0.15, 0.2) is 0 Å². The fraction of sp³-hybridized carbons (Fsp3) is 0.765. The van der Waals surface area contributed by atoms with Crippen LogP contribution in [0.4, 0.5) is 0 Å². The molecule has 0 saturated carbocycles. The number of rotatable bonds is 16. The molecule has 0 aliphatic carbocycles. The maximum Gasteiger partial charge on any atom is 0.327 e. The van der Waals surface area contributed by atoms with Crippen LogP contribution in [0.3, 0.4) is 0 Å². The van der Waals surface area contributed by atoms with Crippen molar-refractivity contribution in [3.05, 3.63) is 0 Å².